The molecule has 0 unspecified atom stereocenters. The van der Waals surface area contributed by atoms with Crippen molar-refractivity contribution in [3.63, 3.8) is 0 Å². The highest BCUT2D eigenvalue weighted by molar-refractivity contribution is 9.10. The molecule has 0 saturated heterocycles. The molecule has 0 amide bonds. The van der Waals surface area contributed by atoms with E-state index >= 15 is 0 Å². The summed E-state index contributed by atoms with van der Waals surface area (Å²) in [4.78, 5) is 9.71. The maximum atomic E-state index is 9.71. The number of halogens is 1. The van der Waals surface area contributed by atoms with Gasteiger partial charge in [-0.2, -0.15) is 0 Å². The average molecular weight is 201 g/mol. The fourth-order valence-corrected chi connectivity index (χ4v) is 1.01. The molecular formula is C6H5BrN2O. The molecule has 0 saturated carbocycles. The molecule has 1 N–H and O–H groups in total. The number of hydrogen-bond donors (Lipinski definition) is 1. The zero-order valence-electron chi connectivity index (χ0n) is 5.04. The van der Waals surface area contributed by atoms with Gasteiger partial charge in [0, 0.05) is 4.47 Å². The molecule has 0 fully saturated rings. The Balaban J connectivity index is 2.84. The monoisotopic (exact) mass is 200 g/mol. The molecule has 0 aromatic heterocycles. The van der Waals surface area contributed by atoms with E-state index in [4.69, 9.17) is 0 Å². The van der Waals surface area contributed by atoms with Crippen molar-refractivity contribution in [2.75, 3.05) is 5.43 Å². The van der Waals surface area contributed by atoms with E-state index in [0.717, 1.165) is 4.47 Å². The topological polar surface area (TPSA) is 41.5 Å². The van der Waals surface area contributed by atoms with E-state index in [9.17, 15) is 4.91 Å². The number of benzene rings is 1. The third-order valence-corrected chi connectivity index (χ3v) is 1.49. The fraction of sp³-hybridized carbons (Fsp3) is 0. The van der Waals surface area contributed by atoms with Crippen LogP contribution in [0.2, 0.25) is 0 Å². The van der Waals surface area contributed by atoms with Gasteiger partial charge in [-0.3, -0.25) is 0 Å². The molecule has 0 aliphatic rings. The standard InChI is InChI=1S/C6H5BrN2O/c7-5-2-1-3-6(4-5)8-9-10/h1-4H,(H,8,10). The maximum absolute atomic E-state index is 9.71. The van der Waals surface area contributed by atoms with Crippen molar-refractivity contribution in [2.24, 2.45) is 5.29 Å². The van der Waals surface area contributed by atoms with Crippen LogP contribution in [0.1, 0.15) is 0 Å². The second kappa shape index (κ2) is 3.31. The lowest BCUT2D eigenvalue weighted by Crippen LogP contribution is -1.83. The summed E-state index contributed by atoms with van der Waals surface area (Å²) in [7, 11) is 0. The minimum absolute atomic E-state index is 0.685. The Morgan fingerprint density at radius 1 is 1.50 bits per heavy atom. The molecule has 0 bridgehead atoms. The number of anilines is 1. The highest BCUT2D eigenvalue weighted by Gasteiger charge is 1.89. The van der Waals surface area contributed by atoms with Crippen molar-refractivity contribution >= 4 is 21.6 Å². The SMILES string of the molecule is O=NNc1cccc(Br)c1. The minimum atomic E-state index is 0.685. The van der Waals surface area contributed by atoms with E-state index in [0.29, 0.717) is 5.69 Å². The summed E-state index contributed by atoms with van der Waals surface area (Å²) in [6.45, 7) is 0. The Bertz CT molecular complexity index is 239. The van der Waals surface area contributed by atoms with Crippen LogP contribution in [0.15, 0.2) is 34.0 Å². The van der Waals surface area contributed by atoms with Gasteiger partial charge in [-0.25, -0.2) is 5.43 Å². The van der Waals surface area contributed by atoms with Crippen molar-refractivity contribution in [1.82, 2.24) is 0 Å². The first-order valence-electron chi connectivity index (χ1n) is 2.67. The first kappa shape index (κ1) is 7.21. The van der Waals surface area contributed by atoms with Gasteiger partial charge in [-0.1, -0.05) is 22.0 Å². The van der Waals surface area contributed by atoms with Crippen LogP contribution in [0.4, 0.5) is 5.69 Å². The number of nitrogens with zero attached hydrogens (tertiary/aromatic N) is 1. The lowest BCUT2D eigenvalue weighted by atomic mass is 10.3. The molecule has 1 aromatic carbocycles. The van der Waals surface area contributed by atoms with Crippen molar-refractivity contribution in [3.8, 4) is 0 Å². The highest BCUT2D eigenvalue weighted by atomic mass is 79.9. The Morgan fingerprint density at radius 2 is 2.30 bits per heavy atom. The predicted molar refractivity (Wildman–Crippen MR) is 43.6 cm³/mol. The quantitative estimate of drug-likeness (QED) is 0.589. The van der Waals surface area contributed by atoms with Crippen LogP contribution in [-0.4, -0.2) is 0 Å². The highest BCUT2D eigenvalue weighted by Crippen LogP contribution is 2.14. The molecule has 0 heterocycles. The van der Waals surface area contributed by atoms with E-state index in [1.54, 1.807) is 12.1 Å². The van der Waals surface area contributed by atoms with Gasteiger partial charge in [0.2, 0.25) is 0 Å². The normalized spacial score (nSPS) is 8.90. The van der Waals surface area contributed by atoms with Crippen LogP contribution >= 0.6 is 15.9 Å². The number of hydrogen-bond acceptors (Lipinski definition) is 2. The van der Waals surface area contributed by atoms with Crippen molar-refractivity contribution in [3.05, 3.63) is 33.6 Å². The van der Waals surface area contributed by atoms with E-state index in [-0.39, 0.29) is 0 Å². The van der Waals surface area contributed by atoms with Gasteiger partial charge in [0.1, 0.15) is 0 Å². The number of rotatable bonds is 2. The Kier molecular flexibility index (Phi) is 2.39. The van der Waals surface area contributed by atoms with Crippen molar-refractivity contribution in [2.45, 2.75) is 0 Å². The molecular weight excluding hydrogens is 196 g/mol. The van der Waals surface area contributed by atoms with Crippen LogP contribution in [0.3, 0.4) is 0 Å². The molecule has 1 rings (SSSR count). The lowest BCUT2D eigenvalue weighted by molar-refractivity contribution is 1.31. The summed E-state index contributed by atoms with van der Waals surface area (Å²) in [5, 5.41) is 2.53. The third kappa shape index (κ3) is 1.80. The van der Waals surface area contributed by atoms with Crippen LogP contribution in [0, 0.1) is 4.91 Å². The number of nitroso groups, excluding NO2 is 1. The van der Waals surface area contributed by atoms with Gasteiger partial charge in [0.05, 0.1) is 11.0 Å². The third-order valence-electron chi connectivity index (χ3n) is 0.999. The molecule has 4 heteroatoms. The van der Waals surface area contributed by atoms with Gasteiger partial charge in [-0.15, -0.1) is 4.91 Å². The maximum Gasteiger partial charge on any atom is 0.0605 e. The smallest absolute Gasteiger partial charge is 0.0605 e. The summed E-state index contributed by atoms with van der Waals surface area (Å²) in [6, 6.07) is 7.21. The van der Waals surface area contributed by atoms with Gasteiger partial charge in [-0.05, 0) is 18.2 Å². The molecule has 0 aliphatic heterocycles. The van der Waals surface area contributed by atoms with Crippen molar-refractivity contribution in [1.29, 1.82) is 0 Å². The van der Waals surface area contributed by atoms with E-state index in [1.165, 1.54) is 0 Å². The summed E-state index contributed by atoms with van der Waals surface area (Å²) < 4.78 is 0.918. The predicted octanol–water partition coefficient (Wildman–Crippen LogP) is 2.54. The van der Waals surface area contributed by atoms with Crippen molar-refractivity contribution < 1.29 is 0 Å². The molecule has 10 heavy (non-hydrogen) atoms. The number of nitrogens with one attached hydrogen (secondary N) is 1. The second-order valence-corrected chi connectivity index (χ2v) is 2.63. The molecule has 3 nitrogen and oxygen atoms in total. The fourth-order valence-electron chi connectivity index (χ4n) is 0.611. The summed E-state index contributed by atoms with van der Waals surface area (Å²) in [6.07, 6.45) is 0. The van der Waals surface area contributed by atoms with Crippen LogP contribution in [-0.2, 0) is 0 Å². The van der Waals surface area contributed by atoms with Gasteiger partial charge < -0.3 is 0 Å². The van der Waals surface area contributed by atoms with E-state index in [1.807, 2.05) is 12.1 Å². The first-order valence-corrected chi connectivity index (χ1v) is 3.46. The van der Waals surface area contributed by atoms with Crippen LogP contribution in [0.25, 0.3) is 0 Å². The molecule has 0 radical (unpaired) electrons. The van der Waals surface area contributed by atoms with Gasteiger partial charge >= 0.3 is 0 Å². The molecule has 0 aliphatic carbocycles. The van der Waals surface area contributed by atoms with Gasteiger partial charge in [0.25, 0.3) is 0 Å². The van der Waals surface area contributed by atoms with Gasteiger partial charge in [0.15, 0.2) is 0 Å². The van der Waals surface area contributed by atoms with Crippen LogP contribution < -0.4 is 5.43 Å². The largest absolute Gasteiger partial charge is 0.242 e. The minimum Gasteiger partial charge on any atom is -0.242 e. The summed E-state index contributed by atoms with van der Waals surface area (Å²) in [5.41, 5.74) is 2.97. The zero-order chi connectivity index (χ0) is 7.40. The van der Waals surface area contributed by atoms with E-state index in [2.05, 4.69) is 26.6 Å². The lowest BCUT2D eigenvalue weighted by Gasteiger charge is -1.94. The summed E-state index contributed by atoms with van der Waals surface area (Å²) in [5.74, 6) is 0. The zero-order valence-corrected chi connectivity index (χ0v) is 6.63. The first-order chi connectivity index (χ1) is 4.83. The van der Waals surface area contributed by atoms with E-state index < -0.39 is 0 Å². The Labute approximate surface area is 66.5 Å². The Hall–Kier alpha value is -0.900. The average Bonchev–Trinajstić information content (AvgIpc) is 1.88. The molecule has 0 spiro atoms. The van der Waals surface area contributed by atoms with Crippen LogP contribution in [0.5, 0.6) is 0 Å². The Morgan fingerprint density at radius 3 is 2.90 bits per heavy atom. The molecule has 52 valence electrons. The molecule has 0 atom stereocenters. The summed E-state index contributed by atoms with van der Waals surface area (Å²) >= 11 is 3.25. The molecule has 1 aromatic rings. The second-order valence-electron chi connectivity index (χ2n) is 1.71.